The number of hydrogen-bond acceptors (Lipinski definition) is 2. The Labute approximate surface area is 208 Å². The topological polar surface area (TPSA) is 46.4 Å². The molecule has 0 saturated heterocycles. The van der Waals surface area contributed by atoms with Gasteiger partial charge in [0.2, 0.25) is 5.91 Å². The van der Waals surface area contributed by atoms with E-state index in [1.54, 1.807) is 6.21 Å². The zero-order valence-corrected chi connectivity index (χ0v) is 21.3. The highest BCUT2D eigenvalue weighted by Crippen LogP contribution is 2.31. The normalized spacial score (nSPS) is 12.2. The van der Waals surface area contributed by atoms with Gasteiger partial charge in [0.1, 0.15) is 0 Å². The second-order valence-corrected chi connectivity index (χ2v) is 9.81. The molecule has 0 atom stereocenters. The van der Waals surface area contributed by atoms with E-state index in [0.717, 1.165) is 22.2 Å². The lowest BCUT2D eigenvalue weighted by molar-refractivity contribution is -0.121. The molecule has 4 nitrogen and oxygen atoms in total. The summed E-state index contributed by atoms with van der Waals surface area (Å²) < 4.78 is 4.63. The molecule has 1 aromatic heterocycles. The first kappa shape index (κ1) is 22.0. The molecule has 1 amide bonds. The van der Waals surface area contributed by atoms with Gasteiger partial charge in [-0.05, 0) is 99.6 Å². The lowest BCUT2D eigenvalue weighted by Crippen LogP contribution is -2.19. The van der Waals surface area contributed by atoms with Gasteiger partial charge in [0.15, 0.2) is 0 Å². The molecule has 0 aliphatic heterocycles. The van der Waals surface area contributed by atoms with Gasteiger partial charge in [-0.15, -0.1) is 0 Å². The minimum absolute atomic E-state index is 0.102. The molecule has 156 valence electrons. The van der Waals surface area contributed by atoms with Crippen LogP contribution in [0.15, 0.2) is 77.4 Å². The van der Waals surface area contributed by atoms with E-state index in [-0.39, 0.29) is 5.91 Å². The van der Waals surface area contributed by atoms with Crippen LogP contribution in [0, 0.1) is 7.14 Å². The van der Waals surface area contributed by atoms with Gasteiger partial charge in [0.05, 0.1) is 6.21 Å². The molecule has 0 radical (unpaired) electrons. The van der Waals surface area contributed by atoms with Crippen molar-refractivity contribution in [2.24, 2.45) is 5.10 Å². The SMILES string of the molecule is CC(/C=N/NC(=O)CCn1c2ccc(I)cc2c2cc(I)ccc21)=C\c1ccccc1. The van der Waals surface area contributed by atoms with E-state index in [4.69, 9.17) is 0 Å². The summed E-state index contributed by atoms with van der Waals surface area (Å²) in [6.45, 7) is 2.56. The summed E-state index contributed by atoms with van der Waals surface area (Å²) in [6, 6.07) is 22.9. The summed E-state index contributed by atoms with van der Waals surface area (Å²) in [7, 11) is 0. The van der Waals surface area contributed by atoms with E-state index in [0.29, 0.717) is 13.0 Å². The van der Waals surface area contributed by atoms with E-state index < -0.39 is 0 Å². The molecule has 0 aliphatic rings. The van der Waals surface area contributed by atoms with Crippen LogP contribution in [0.25, 0.3) is 27.9 Å². The molecule has 4 rings (SSSR count). The number of benzene rings is 3. The zero-order chi connectivity index (χ0) is 21.8. The van der Waals surface area contributed by atoms with Crippen molar-refractivity contribution in [2.75, 3.05) is 0 Å². The fourth-order valence-corrected chi connectivity index (χ4v) is 4.60. The Morgan fingerprint density at radius 3 is 2.19 bits per heavy atom. The molecule has 0 bridgehead atoms. The van der Waals surface area contributed by atoms with Gasteiger partial charge in [0.25, 0.3) is 0 Å². The van der Waals surface area contributed by atoms with Gasteiger partial charge in [-0.3, -0.25) is 4.79 Å². The largest absolute Gasteiger partial charge is 0.340 e. The number of aryl methyl sites for hydroxylation is 1. The number of rotatable bonds is 6. The lowest BCUT2D eigenvalue weighted by Gasteiger charge is -2.07. The first-order valence-corrected chi connectivity index (χ1v) is 12.1. The Bertz CT molecular complexity index is 1250. The third-order valence-electron chi connectivity index (χ3n) is 5.00. The number of carbonyl (C=O) groups excluding carboxylic acids is 1. The number of aromatic nitrogens is 1. The number of nitrogens with one attached hydrogen (secondary N) is 1. The van der Waals surface area contributed by atoms with Crippen LogP contribution in [0.2, 0.25) is 0 Å². The van der Waals surface area contributed by atoms with Gasteiger partial charge in [-0.2, -0.15) is 5.10 Å². The minimum Gasteiger partial charge on any atom is -0.340 e. The molecule has 6 heteroatoms. The Morgan fingerprint density at radius 1 is 0.968 bits per heavy atom. The average Bonchev–Trinajstić information content (AvgIpc) is 3.05. The van der Waals surface area contributed by atoms with Gasteiger partial charge >= 0.3 is 0 Å². The highest BCUT2D eigenvalue weighted by molar-refractivity contribution is 14.1. The maximum Gasteiger partial charge on any atom is 0.241 e. The number of allylic oxidation sites excluding steroid dienone is 1. The van der Waals surface area contributed by atoms with Crippen LogP contribution < -0.4 is 5.43 Å². The standard InChI is InChI=1S/C25H21I2N3O/c1-17(13-18-5-3-2-4-6-18)16-28-29-25(31)11-12-30-23-9-7-19(26)14-21(23)22-15-20(27)8-10-24(22)30/h2-10,13-16H,11-12H2,1H3,(H,29,31)/b17-13+,28-16+. The number of amides is 1. The summed E-state index contributed by atoms with van der Waals surface area (Å²) in [6.07, 6.45) is 4.06. The van der Waals surface area contributed by atoms with Crippen molar-refractivity contribution < 1.29 is 4.79 Å². The second kappa shape index (κ2) is 9.95. The summed E-state index contributed by atoms with van der Waals surface area (Å²) in [5.41, 5.74) is 7.02. The highest BCUT2D eigenvalue weighted by Gasteiger charge is 2.12. The molecule has 0 fully saturated rings. The zero-order valence-electron chi connectivity index (χ0n) is 17.0. The number of carbonyl (C=O) groups is 1. The van der Waals surface area contributed by atoms with Crippen molar-refractivity contribution in [3.63, 3.8) is 0 Å². The Hall–Kier alpha value is -2.20. The molecule has 3 aromatic carbocycles. The van der Waals surface area contributed by atoms with E-state index >= 15 is 0 Å². The number of nitrogens with zero attached hydrogens (tertiary/aromatic N) is 2. The second-order valence-electron chi connectivity index (χ2n) is 7.32. The molecule has 0 saturated carbocycles. The third-order valence-corrected chi connectivity index (χ3v) is 6.34. The number of hydrogen-bond donors (Lipinski definition) is 1. The van der Waals surface area contributed by atoms with Crippen LogP contribution in [-0.2, 0) is 11.3 Å². The molecule has 1 heterocycles. The molecule has 0 spiro atoms. The monoisotopic (exact) mass is 633 g/mol. The van der Waals surface area contributed by atoms with Gasteiger partial charge in [-0.25, -0.2) is 5.43 Å². The van der Waals surface area contributed by atoms with Gasteiger partial charge in [0, 0.05) is 41.9 Å². The fraction of sp³-hybridized carbons (Fsp3) is 0.120. The molecule has 1 N–H and O–H groups in total. The van der Waals surface area contributed by atoms with Crippen LogP contribution in [0.1, 0.15) is 18.9 Å². The fourth-order valence-electron chi connectivity index (χ4n) is 3.61. The van der Waals surface area contributed by atoms with Crippen molar-refractivity contribution in [2.45, 2.75) is 19.9 Å². The van der Waals surface area contributed by atoms with Gasteiger partial charge < -0.3 is 4.57 Å². The van der Waals surface area contributed by atoms with Crippen LogP contribution >= 0.6 is 45.2 Å². The predicted octanol–water partition coefficient (Wildman–Crippen LogP) is 6.60. The van der Waals surface area contributed by atoms with Gasteiger partial charge in [-0.1, -0.05) is 36.4 Å². The van der Waals surface area contributed by atoms with Crippen molar-refractivity contribution in [1.29, 1.82) is 0 Å². The Balaban J connectivity index is 1.46. The maximum absolute atomic E-state index is 12.4. The lowest BCUT2D eigenvalue weighted by atomic mass is 10.1. The van der Waals surface area contributed by atoms with Crippen molar-refractivity contribution in [3.05, 3.63) is 85.0 Å². The van der Waals surface area contributed by atoms with E-state index in [1.807, 2.05) is 43.3 Å². The van der Waals surface area contributed by atoms with E-state index in [9.17, 15) is 4.79 Å². The van der Waals surface area contributed by atoms with Crippen LogP contribution in [-0.4, -0.2) is 16.7 Å². The van der Waals surface area contributed by atoms with Crippen molar-refractivity contribution in [1.82, 2.24) is 9.99 Å². The maximum atomic E-state index is 12.4. The first-order chi connectivity index (χ1) is 15.0. The third kappa shape index (κ3) is 5.35. The molecular weight excluding hydrogens is 612 g/mol. The van der Waals surface area contributed by atoms with Crippen molar-refractivity contribution in [3.8, 4) is 0 Å². The summed E-state index contributed by atoms with van der Waals surface area (Å²) in [4.78, 5) is 12.4. The summed E-state index contributed by atoms with van der Waals surface area (Å²) in [5.74, 6) is -0.102. The molecule has 4 aromatic rings. The number of fused-ring (bicyclic) bond motifs is 3. The predicted molar refractivity (Wildman–Crippen MR) is 146 cm³/mol. The average molecular weight is 633 g/mol. The summed E-state index contributed by atoms with van der Waals surface area (Å²) >= 11 is 4.68. The molecular formula is C25H21I2N3O. The molecule has 0 unspecified atom stereocenters. The van der Waals surface area contributed by atoms with E-state index in [2.05, 4.69) is 96.7 Å². The highest BCUT2D eigenvalue weighted by atomic mass is 127. The Kier molecular flexibility index (Phi) is 7.06. The van der Waals surface area contributed by atoms with Crippen molar-refractivity contribution >= 4 is 85.2 Å². The van der Waals surface area contributed by atoms with E-state index in [1.165, 1.54) is 17.9 Å². The number of hydrazone groups is 1. The smallest absolute Gasteiger partial charge is 0.241 e. The minimum atomic E-state index is -0.102. The first-order valence-electron chi connectivity index (χ1n) is 9.93. The Morgan fingerprint density at radius 2 is 1.58 bits per heavy atom. The molecule has 0 aliphatic carbocycles. The van der Waals surface area contributed by atoms with Crippen LogP contribution in [0.4, 0.5) is 0 Å². The molecule has 31 heavy (non-hydrogen) atoms. The quantitative estimate of drug-likeness (QED) is 0.145. The number of halogens is 2. The van der Waals surface area contributed by atoms with Crippen LogP contribution in [0.3, 0.4) is 0 Å². The van der Waals surface area contributed by atoms with Crippen LogP contribution in [0.5, 0.6) is 0 Å². The summed E-state index contributed by atoms with van der Waals surface area (Å²) in [5, 5.41) is 6.56.